The summed E-state index contributed by atoms with van der Waals surface area (Å²) in [5, 5.41) is 10.8. The molecule has 1 atom stereocenters. The second-order valence-corrected chi connectivity index (χ2v) is 3.33. The highest BCUT2D eigenvalue weighted by atomic mass is 16.5. The summed E-state index contributed by atoms with van der Waals surface area (Å²) in [6, 6.07) is 10.6. The van der Waals surface area contributed by atoms with Crippen LogP contribution in [-0.2, 0) is 11.2 Å². The summed E-state index contributed by atoms with van der Waals surface area (Å²) in [4.78, 5) is 4.23. The van der Waals surface area contributed by atoms with E-state index in [1.165, 1.54) is 5.56 Å². The average Bonchev–Trinajstić information content (AvgIpc) is 2.68. The van der Waals surface area contributed by atoms with Crippen molar-refractivity contribution in [2.24, 2.45) is 4.99 Å². The molecule has 2 rings (SSSR count). The van der Waals surface area contributed by atoms with Crippen LogP contribution in [0, 0.1) is 11.5 Å². The van der Waals surface area contributed by atoms with Crippen molar-refractivity contribution >= 4 is 6.02 Å². The molecule has 0 radical (unpaired) electrons. The third-order valence-corrected chi connectivity index (χ3v) is 2.19. The predicted molar refractivity (Wildman–Crippen MR) is 56.1 cm³/mol. The molecular weight excluding hydrogens is 190 g/mol. The molecule has 0 spiro atoms. The lowest BCUT2D eigenvalue weighted by molar-refractivity contribution is 0.308. The molecule has 0 aromatic heterocycles. The predicted octanol–water partition coefficient (Wildman–Crippen LogP) is 1.05. The summed E-state index contributed by atoms with van der Waals surface area (Å²) in [5.74, 6) is 0. The number of rotatable bonds is 2. The molecule has 76 valence electrons. The van der Waals surface area contributed by atoms with Crippen molar-refractivity contribution in [2.45, 2.75) is 12.5 Å². The van der Waals surface area contributed by atoms with Crippen LogP contribution in [0.4, 0.5) is 0 Å². The van der Waals surface area contributed by atoms with Gasteiger partial charge in [0.15, 0.2) is 6.19 Å². The van der Waals surface area contributed by atoms with Gasteiger partial charge < -0.3 is 4.74 Å². The molecule has 0 unspecified atom stereocenters. The van der Waals surface area contributed by atoms with Crippen molar-refractivity contribution in [1.29, 1.82) is 5.26 Å². The minimum atomic E-state index is 0.114. The number of benzene rings is 1. The molecule has 1 aromatic rings. The first kappa shape index (κ1) is 9.53. The lowest BCUT2D eigenvalue weighted by atomic mass is 10.1. The van der Waals surface area contributed by atoms with E-state index >= 15 is 0 Å². The highest BCUT2D eigenvalue weighted by Gasteiger charge is 2.18. The van der Waals surface area contributed by atoms with Gasteiger partial charge in [0, 0.05) is 0 Å². The van der Waals surface area contributed by atoms with E-state index in [1.807, 2.05) is 18.2 Å². The molecule has 4 heteroatoms. The molecule has 15 heavy (non-hydrogen) atoms. The first-order valence-electron chi connectivity index (χ1n) is 4.78. The SMILES string of the molecule is N#CNC1=N[C@H](Cc2ccccc2)CO1. The van der Waals surface area contributed by atoms with Gasteiger partial charge in [-0.25, -0.2) is 10.3 Å². The topological polar surface area (TPSA) is 57.4 Å². The molecule has 1 aliphatic heterocycles. The van der Waals surface area contributed by atoms with Crippen LogP contribution in [0.5, 0.6) is 0 Å². The maximum absolute atomic E-state index is 8.38. The van der Waals surface area contributed by atoms with Crippen LogP contribution in [-0.4, -0.2) is 18.7 Å². The number of hydrogen-bond donors (Lipinski definition) is 1. The Morgan fingerprint density at radius 2 is 2.27 bits per heavy atom. The molecule has 1 heterocycles. The van der Waals surface area contributed by atoms with Gasteiger partial charge in [0.1, 0.15) is 6.61 Å². The van der Waals surface area contributed by atoms with Gasteiger partial charge in [0.05, 0.1) is 6.04 Å². The summed E-state index contributed by atoms with van der Waals surface area (Å²) in [6.07, 6.45) is 2.63. The minimum absolute atomic E-state index is 0.114. The quantitative estimate of drug-likeness (QED) is 0.575. The molecule has 0 aliphatic carbocycles. The van der Waals surface area contributed by atoms with Crippen molar-refractivity contribution in [3.05, 3.63) is 35.9 Å². The van der Waals surface area contributed by atoms with E-state index in [4.69, 9.17) is 10.00 Å². The molecular formula is C11H11N3O. The number of nitrogens with zero attached hydrogens (tertiary/aromatic N) is 2. The van der Waals surface area contributed by atoms with E-state index in [9.17, 15) is 0 Å². The van der Waals surface area contributed by atoms with Crippen molar-refractivity contribution in [2.75, 3.05) is 6.61 Å². The van der Waals surface area contributed by atoms with E-state index in [-0.39, 0.29) is 6.04 Å². The summed E-state index contributed by atoms with van der Waals surface area (Å²) < 4.78 is 5.19. The summed E-state index contributed by atoms with van der Waals surface area (Å²) in [5.41, 5.74) is 1.23. The van der Waals surface area contributed by atoms with Crippen LogP contribution in [0.2, 0.25) is 0 Å². The van der Waals surface area contributed by atoms with Gasteiger partial charge >= 0.3 is 0 Å². The minimum Gasteiger partial charge on any atom is -0.462 e. The highest BCUT2D eigenvalue weighted by molar-refractivity contribution is 5.76. The molecule has 0 fully saturated rings. The van der Waals surface area contributed by atoms with Gasteiger partial charge in [-0.15, -0.1) is 0 Å². The standard InChI is InChI=1S/C11H11N3O/c12-8-13-11-14-10(7-15-11)6-9-4-2-1-3-5-9/h1-5,10H,6-7H2,(H,13,14)/t10-/m1/s1. The normalized spacial score (nSPS) is 18.9. The van der Waals surface area contributed by atoms with Crippen LogP contribution < -0.4 is 5.32 Å². The van der Waals surface area contributed by atoms with Gasteiger partial charge in [0.25, 0.3) is 6.02 Å². The van der Waals surface area contributed by atoms with Crippen molar-refractivity contribution in [1.82, 2.24) is 5.32 Å². The summed E-state index contributed by atoms with van der Waals surface area (Å²) in [7, 11) is 0. The lowest BCUT2D eigenvalue weighted by Gasteiger charge is -2.03. The summed E-state index contributed by atoms with van der Waals surface area (Å²) in [6.45, 7) is 0.541. The molecule has 0 saturated heterocycles. The number of ether oxygens (including phenoxy) is 1. The second kappa shape index (κ2) is 4.47. The van der Waals surface area contributed by atoms with Gasteiger partial charge in [-0.3, -0.25) is 0 Å². The number of nitriles is 1. The second-order valence-electron chi connectivity index (χ2n) is 3.33. The van der Waals surface area contributed by atoms with Gasteiger partial charge in [0.2, 0.25) is 0 Å². The first-order valence-corrected chi connectivity index (χ1v) is 4.78. The van der Waals surface area contributed by atoms with E-state index in [1.54, 1.807) is 6.19 Å². The van der Waals surface area contributed by atoms with Crippen molar-refractivity contribution in [3.63, 3.8) is 0 Å². The van der Waals surface area contributed by atoms with Crippen LogP contribution in [0.25, 0.3) is 0 Å². The average molecular weight is 201 g/mol. The third kappa shape index (κ3) is 2.47. The van der Waals surface area contributed by atoms with Crippen LogP contribution >= 0.6 is 0 Å². The fourth-order valence-corrected chi connectivity index (χ4v) is 1.52. The van der Waals surface area contributed by atoms with Gasteiger partial charge in [-0.1, -0.05) is 30.3 Å². The largest absolute Gasteiger partial charge is 0.462 e. The molecule has 1 aliphatic rings. The smallest absolute Gasteiger partial charge is 0.298 e. The maximum Gasteiger partial charge on any atom is 0.298 e. The molecule has 0 amide bonds. The fourth-order valence-electron chi connectivity index (χ4n) is 1.52. The maximum atomic E-state index is 8.38. The monoisotopic (exact) mass is 201 g/mol. The highest BCUT2D eigenvalue weighted by Crippen LogP contribution is 2.10. The number of amidine groups is 1. The third-order valence-electron chi connectivity index (χ3n) is 2.19. The number of nitrogens with one attached hydrogen (secondary N) is 1. The Bertz CT molecular complexity index is 394. The Balaban J connectivity index is 1.95. The molecule has 1 aromatic carbocycles. The van der Waals surface area contributed by atoms with E-state index in [2.05, 4.69) is 22.4 Å². The molecule has 1 N–H and O–H groups in total. The zero-order chi connectivity index (χ0) is 10.5. The zero-order valence-electron chi connectivity index (χ0n) is 8.18. The summed E-state index contributed by atoms with van der Waals surface area (Å²) >= 11 is 0. The van der Waals surface area contributed by atoms with Crippen LogP contribution in [0.3, 0.4) is 0 Å². The number of aliphatic imine (C=N–C) groups is 1. The molecule has 4 nitrogen and oxygen atoms in total. The van der Waals surface area contributed by atoms with Gasteiger partial charge in [-0.05, 0) is 12.0 Å². The Morgan fingerprint density at radius 3 is 3.00 bits per heavy atom. The Labute approximate surface area is 88.2 Å². The van der Waals surface area contributed by atoms with Crippen molar-refractivity contribution < 1.29 is 4.74 Å². The molecule has 0 bridgehead atoms. The zero-order valence-corrected chi connectivity index (χ0v) is 8.18. The van der Waals surface area contributed by atoms with Crippen LogP contribution in [0.1, 0.15) is 5.56 Å². The Kier molecular flexibility index (Phi) is 2.84. The Morgan fingerprint density at radius 1 is 1.47 bits per heavy atom. The first-order chi connectivity index (χ1) is 7.38. The van der Waals surface area contributed by atoms with Crippen LogP contribution in [0.15, 0.2) is 35.3 Å². The van der Waals surface area contributed by atoms with Crippen molar-refractivity contribution in [3.8, 4) is 6.19 Å². The molecule has 0 saturated carbocycles. The fraction of sp³-hybridized carbons (Fsp3) is 0.273. The van der Waals surface area contributed by atoms with Gasteiger partial charge in [-0.2, -0.15) is 5.26 Å². The van der Waals surface area contributed by atoms with E-state index in [0.717, 1.165) is 6.42 Å². The van der Waals surface area contributed by atoms with E-state index < -0.39 is 0 Å². The Hall–Kier alpha value is -2.02. The lowest BCUT2D eigenvalue weighted by Crippen LogP contribution is -2.16. The van der Waals surface area contributed by atoms with E-state index in [0.29, 0.717) is 12.6 Å². The number of hydrogen-bond acceptors (Lipinski definition) is 4.